The van der Waals surface area contributed by atoms with Crippen molar-refractivity contribution in [3.05, 3.63) is 18.5 Å². The average molecular weight is 203 g/mol. The molecule has 0 bridgehead atoms. The van der Waals surface area contributed by atoms with Crippen LogP contribution in [0.5, 0.6) is 0 Å². The van der Waals surface area contributed by atoms with Crippen molar-refractivity contribution in [3.63, 3.8) is 0 Å². The lowest BCUT2D eigenvalue weighted by Crippen LogP contribution is -2.43. The van der Waals surface area contributed by atoms with Gasteiger partial charge in [0.2, 0.25) is 0 Å². The lowest BCUT2D eigenvalue weighted by Gasteiger charge is -2.29. The smallest absolute Gasteiger partial charge is 0.157 e. The van der Waals surface area contributed by atoms with Crippen molar-refractivity contribution in [2.24, 2.45) is 0 Å². The topological polar surface area (TPSA) is 56.8 Å². The van der Waals surface area contributed by atoms with Gasteiger partial charge in [0.25, 0.3) is 0 Å². The van der Waals surface area contributed by atoms with Crippen LogP contribution in [-0.4, -0.2) is 41.4 Å². The van der Waals surface area contributed by atoms with Gasteiger partial charge in [-0.25, -0.2) is 4.98 Å². The summed E-state index contributed by atoms with van der Waals surface area (Å²) < 4.78 is 0. The molecule has 3 rings (SSSR count). The molecule has 3 heterocycles. The number of rotatable bonds is 1. The summed E-state index contributed by atoms with van der Waals surface area (Å²) in [6.07, 6.45) is 3.68. The van der Waals surface area contributed by atoms with Crippen molar-refractivity contribution in [2.45, 2.75) is 0 Å². The van der Waals surface area contributed by atoms with Gasteiger partial charge in [0, 0.05) is 32.4 Å². The van der Waals surface area contributed by atoms with Crippen molar-refractivity contribution in [1.29, 1.82) is 0 Å². The first kappa shape index (κ1) is 8.67. The molecule has 78 valence electrons. The molecule has 1 fully saturated rings. The van der Waals surface area contributed by atoms with Gasteiger partial charge in [-0.2, -0.15) is 5.10 Å². The lowest BCUT2D eigenvalue weighted by atomic mass is 10.2. The Balaban J connectivity index is 2.05. The van der Waals surface area contributed by atoms with Crippen molar-refractivity contribution in [2.75, 3.05) is 31.1 Å². The summed E-state index contributed by atoms with van der Waals surface area (Å²) in [6, 6.07) is 2.06. The number of hydrogen-bond donors (Lipinski definition) is 2. The Morgan fingerprint density at radius 1 is 1.27 bits per heavy atom. The Labute approximate surface area is 87.5 Å². The molecule has 1 aliphatic heterocycles. The number of fused-ring (bicyclic) bond motifs is 1. The van der Waals surface area contributed by atoms with E-state index in [0.29, 0.717) is 0 Å². The molecule has 2 aromatic rings. The highest BCUT2D eigenvalue weighted by atomic mass is 15.2. The molecule has 0 saturated carbocycles. The molecule has 1 aliphatic rings. The number of H-pyrrole nitrogens is 1. The molecule has 15 heavy (non-hydrogen) atoms. The van der Waals surface area contributed by atoms with Gasteiger partial charge < -0.3 is 10.2 Å². The number of aromatic amines is 1. The van der Waals surface area contributed by atoms with E-state index in [1.807, 2.05) is 12.4 Å². The molecule has 0 aliphatic carbocycles. The summed E-state index contributed by atoms with van der Waals surface area (Å²) >= 11 is 0. The quantitative estimate of drug-likeness (QED) is 0.703. The van der Waals surface area contributed by atoms with Gasteiger partial charge in [-0.1, -0.05) is 0 Å². The summed E-state index contributed by atoms with van der Waals surface area (Å²) in [7, 11) is 0. The minimum absolute atomic E-state index is 0.867. The molecule has 5 nitrogen and oxygen atoms in total. The van der Waals surface area contributed by atoms with Crippen LogP contribution in [-0.2, 0) is 0 Å². The number of anilines is 1. The minimum atomic E-state index is 0.867. The molecule has 5 heteroatoms. The Kier molecular flexibility index (Phi) is 2.03. The van der Waals surface area contributed by atoms with E-state index in [4.69, 9.17) is 0 Å². The van der Waals surface area contributed by atoms with Crippen LogP contribution >= 0.6 is 0 Å². The van der Waals surface area contributed by atoms with Gasteiger partial charge in [0.15, 0.2) is 5.65 Å². The summed E-state index contributed by atoms with van der Waals surface area (Å²) in [6.45, 7) is 4.18. The first-order chi connectivity index (χ1) is 7.45. The van der Waals surface area contributed by atoms with Gasteiger partial charge >= 0.3 is 0 Å². The van der Waals surface area contributed by atoms with Gasteiger partial charge in [0.05, 0.1) is 17.3 Å². The normalized spacial score (nSPS) is 17.2. The molecular formula is C10H13N5. The summed E-state index contributed by atoms with van der Waals surface area (Å²) in [5.74, 6) is 0. The standard InChI is InChI=1S/C10H13N5/c1-2-12-10-8(7-13-14-10)9(1)15-5-3-11-4-6-15/h1-2,7,11H,3-6H2,(H,12,13,14). The average Bonchev–Trinajstić information content (AvgIpc) is 2.78. The predicted octanol–water partition coefficient (Wildman–Crippen LogP) is 0.367. The maximum absolute atomic E-state index is 4.24. The monoisotopic (exact) mass is 203 g/mol. The second-order valence-corrected chi connectivity index (χ2v) is 3.70. The lowest BCUT2D eigenvalue weighted by molar-refractivity contribution is 0.590. The summed E-state index contributed by atoms with van der Waals surface area (Å²) in [5.41, 5.74) is 2.10. The molecule has 0 atom stereocenters. The second kappa shape index (κ2) is 3.51. The highest BCUT2D eigenvalue weighted by Gasteiger charge is 2.13. The van der Waals surface area contributed by atoms with Gasteiger partial charge in [0.1, 0.15) is 0 Å². The number of pyridine rings is 1. The SMILES string of the molecule is c1cc(N2CCNCC2)c2cn[nH]c2n1. The van der Waals surface area contributed by atoms with Crippen LogP contribution < -0.4 is 10.2 Å². The highest BCUT2D eigenvalue weighted by Crippen LogP contribution is 2.23. The third-order valence-electron chi connectivity index (χ3n) is 2.79. The summed E-state index contributed by atoms with van der Waals surface area (Å²) in [5, 5.41) is 11.4. The maximum Gasteiger partial charge on any atom is 0.157 e. The fraction of sp³-hybridized carbons (Fsp3) is 0.400. The Hall–Kier alpha value is -1.62. The molecular weight excluding hydrogens is 190 g/mol. The largest absolute Gasteiger partial charge is 0.368 e. The van der Waals surface area contributed by atoms with E-state index < -0.39 is 0 Å². The highest BCUT2D eigenvalue weighted by molar-refractivity contribution is 5.88. The van der Waals surface area contributed by atoms with E-state index in [1.54, 1.807) is 0 Å². The van der Waals surface area contributed by atoms with Crippen LogP contribution in [0.15, 0.2) is 18.5 Å². The predicted molar refractivity (Wildman–Crippen MR) is 59.0 cm³/mol. The Morgan fingerprint density at radius 2 is 2.13 bits per heavy atom. The van der Waals surface area contributed by atoms with Gasteiger partial charge in [-0.15, -0.1) is 0 Å². The Morgan fingerprint density at radius 3 is 3.00 bits per heavy atom. The molecule has 0 amide bonds. The molecule has 1 saturated heterocycles. The summed E-state index contributed by atoms with van der Waals surface area (Å²) in [4.78, 5) is 6.61. The van der Waals surface area contributed by atoms with Crippen molar-refractivity contribution >= 4 is 16.7 Å². The van der Waals surface area contributed by atoms with Crippen LogP contribution in [0.3, 0.4) is 0 Å². The van der Waals surface area contributed by atoms with E-state index in [9.17, 15) is 0 Å². The minimum Gasteiger partial charge on any atom is -0.368 e. The van der Waals surface area contributed by atoms with Crippen LogP contribution in [0.1, 0.15) is 0 Å². The van der Waals surface area contributed by atoms with Crippen LogP contribution in [0.25, 0.3) is 11.0 Å². The van der Waals surface area contributed by atoms with Gasteiger partial charge in [-0.05, 0) is 6.07 Å². The van der Waals surface area contributed by atoms with Crippen molar-refractivity contribution in [3.8, 4) is 0 Å². The molecule has 2 N–H and O–H groups in total. The molecule has 0 spiro atoms. The zero-order chi connectivity index (χ0) is 10.1. The molecule has 0 unspecified atom stereocenters. The zero-order valence-corrected chi connectivity index (χ0v) is 8.40. The zero-order valence-electron chi connectivity index (χ0n) is 8.40. The molecule has 2 aromatic heterocycles. The molecule has 0 radical (unpaired) electrons. The van der Waals surface area contributed by atoms with Crippen molar-refractivity contribution < 1.29 is 0 Å². The number of piperazine rings is 1. The third-order valence-corrected chi connectivity index (χ3v) is 2.79. The third kappa shape index (κ3) is 1.45. The number of aromatic nitrogens is 3. The van der Waals surface area contributed by atoms with E-state index in [0.717, 1.165) is 37.2 Å². The fourth-order valence-electron chi connectivity index (χ4n) is 2.02. The fourth-order valence-corrected chi connectivity index (χ4v) is 2.02. The van der Waals surface area contributed by atoms with E-state index in [1.165, 1.54) is 5.69 Å². The van der Waals surface area contributed by atoms with Gasteiger partial charge in [-0.3, -0.25) is 5.10 Å². The van der Waals surface area contributed by atoms with E-state index >= 15 is 0 Å². The Bertz CT molecular complexity index is 458. The molecule has 0 aromatic carbocycles. The van der Waals surface area contributed by atoms with E-state index in [-0.39, 0.29) is 0 Å². The number of hydrogen-bond acceptors (Lipinski definition) is 4. The van der Waals surface area contributed by atoms with Crippen LogP contribution in [0.2, 0.25) is 0 Å². The van der Waals surface area contributed by atoms with Crippen molar-refractivity contribution in [1.82, 2.24) is 20.5 Å². The van der Waals surface area contributed by atoms with Crippen LogP contribution in [0.4, 0.5) is 5.69 Å². The first-order valence-corrected chi connectivity index (χ1v) is 5.19. The maximum atomic E-state index is 4.24. The first-order valence-electron chi connectivity index (χ1n) is 5.19. The second-order valence-electron chi connectivity index (χ2n) is 3.70. The van der Waals surface area contributed by atoms with Crippen LogP contribution in [0, 0.1) is 0 Å². The van der Waals surface area contributed by atoms with E-state index in [2.05, 4.69) is 31.5 Å². The number of nitrogens with one attached hydrogen (secondary N) is 2. The number of nitrogens with zero attached hydrogens (tertiary/aromatic N) is 3.